The lowest BCUT2D eigenvalue weighted by atomic mass is 10.0. The predicted molar refractivity (Wildman–Crippen MR) is 111 cm³/mol. The van der Waals surface area contributed by atoms with Gasteiger partial charge in [0.15, 0.2) is 0 Å². The third-order valence-electron chi connectivity index (χ3n) is 6.55. The van der Waals surface area contributed by atoms with Crippen molar-refractivity contribution in [2.75, 3.05) is 18.4 Å². The molecule has 2 heterocycles. The largest absolute Gasteiger partial charge is 0.381 e. The van der Waals surface area contributed by atoms with E-state index in [-0.39, 0.29) is 18.7 Å². The van der Waals surface area contributed by atoms with Gasteiger partial charge in [-0.3, -0.25) is 34.3 Å². The molecule has 2 N–H and O–H groups in total. The molecule has 4 amide bonds. The summed E-state index contributed by atoms with van der Waals surface area (Å²) < 4.78 is 0. The summed E-state index contributed by atoms with van der Waals surface area (Å²) in [5.41, 5.74) is 1.43. The highest BCUT2D eigenvalue weighted by atomic mass is 16.2. The molecule has 30 heavy (non-hydrogen) atoms. The van der Waals surface area contributed by atoms with Gasteiger partial charge in [-0.1, -0.05) is 13.8 Å². The average Bonchev–Trinajstić information content (AvgIpc) is 3.27. The molecule has 3 aliphatic rings. The second-order valence-electron chi connectivity index (χ2n) is 8.18. The fraction of sp³-hybridized carbons (Fsp3) is 0.545. The number of nitrogens with one attached hydrogen (secondary N) is 2. The molecule has 0 spiro atoms. The number of nitrogens with zero attached hydrogens (tertiary/aromatic N) is 2. The van der Waals surface area contributed by atoms with Gasteiger partial charge in [0.2, 0.25) is 11.8 Å². The first-order chi connectivity index (χ1) is 14.4. The molecule has 1 aromatic carbocycles. The van der Waals surface area contributed by atoms with Gasteiger partial charge in [-0.05, 0) is 57.0 Å². The normalized spacial score (nSPS) is 26.4. The molecule has 1 saturated heterocycles. The maximum absolute atomic E-state index is 13.0. The first-order valence-corrected chi connectivity index (χ1v) is 10.8. The van der Waals surface area contributed by atoms with Crippen LogP contribution in [0.1, 0.15) is 66.7 Å². The highest BCUT2D eigenvalue weighted by Gasteiger charge is 2.44. The summed E-state index contributed by atoms with van der Waals surface area (Å²) in [6, 6.07) is 5.01. The SMILES string of the molecule is CCN(CC)[C@H]1CCC[C@@H]1Nc1ccc2c(c1)C(=O)N(C1CCC(=O)NC1=O)C2=O. The number of hydrogen-bond donors (Lipinski definition) is 2. The lowest BCUT2D eigenvalue weighted by Crippen LogP contribution is -2.54. The van der Waals surface area contributed by atoms with Gasteiger partial charge in [0.1, 0.15) is 6.04 Å². The van der Waals surface area contributed by atoms with Crippen molar-refractivity contribution in [3.05, 3.63) is 29.3 Å². The molecule has 8 heteroatoms. The maximum atomic E-state index is 13.0. The first kappa shape index (κ1) is 20.5. The molecule has 0 bridgehead atoms. The number of carbonyl (C=O) groups is 4. The monoisotopic (exact) mass is 412 g/mol. The van der Waals surface area contributed by atoms with Gasteiger partial charge >= 0.3 is 0 Å². The third kappa shape index (κ3) is 3.49. The van der Waals surface area contributed by atoms with Gasteiger partial charge in [-0.25, -0.2) is 0 Å². The molecular formula is C22H28N4O4. The lowest BCUT2D eigenvalue weighted by Gasteiger charge is -2.32. The van der Waals surface area contributed by atoms with E-state index in [4.69, 9.17) is 0 Å². The van der Waals surface area contributed by atoms with Crippen LogP contribution in [-0.2, 0) is 9.59 Å². The van der Waals surface area contributed by atoms with E-state index in [1.54, 1.807) is 12.1 Å². The Hall–Kier alpha value is -2.74. The van der Waals surface area contributed by atoms with E-state index < -0.39 is 23.8 Å². The van der Waals surface area contributed by atoms with Crippen molar-refractivity contribution in [2.24, 2.45) is 0 Å². The van der Waals surface area contributed by atoms with Crippen molar-refractivity contribution in [1.29, 1.82) is 0 Å². The van der Waals surface area contributed by atoms with E-state index in [2.05, 4.69) is 29.4 Å². The Bertz CT molecular complexity index is 895. The van der Waals surface area contributed by atoms with Crippen LogP contribution >= 0.6 is 0 Å². The molecule has 1 saturated carbocycles. The predicted octanol–water partition coefficient (Wildman–Crippen LogP) is 1.76. The molecule has 2 aliphatic heterocycles. The third-order valence-corrected chi connectivity index (χ3v) is 6.55. The zero-order chi connectivity index (χ0) is 21.4. The Labute approximate surface area is 176 Å². The van der Waals surface area contributed by atoms with Gasteiger partial charge in [0, 0.05) is 24.2 Å². The van der Waals surface area contributed by atoms with Gasteiger partial charge in [-0.2, -0.15) is 0 Å². The van der Waals surface area contributed by atoms with E-state index in [9.17, 15) is 19.2 Å². The number of hydrogen-bond acceptors (Lipinski definition) is 6. The van der Waals surface area contributed by atoms with Crippen LogP contribution in [0, 0.1) is 0 Å². The molecule has 3 atom stereocenters. The number of fused-ring (bicyclic) bond motifs is 1. The molecule has 160 valence electrons. The molecule has 4 rings (SSSR count). The highest BCUT2D eigenvalue weighted by molar-refractivity contribution is 6.23. The average molecular weight is 412 g/mol. The van der Waals surface area contributed by atoms with Crippen molar-refractivity contribution in [1.82, 2.24) is 15.1 Å². The topological polar surface area (TPSA) is 98.8 Å². The minimum absolute atomic E-state index is 0.116. The summed E-state index contributed by atoms with van der Waals surface area (Å²) in [7, 11) is 0. The number of benzene rings is 1. The molecular weight excluding hydrogens is 384 g/mol. The van der Waals surface area contributed by atoms with Crippen LogP contribution in [0.3, 0.4) is 0 Å². The smallest absolute Gasteiger partial charge is 0.262 e. The van der Waals surface area contributed by atoms with Crippen LogP contribution in [0.4, 0.5) is 5.69 Å². The number of rotatable bonds is 6. The standard InChI is InChI=1S/C22H28N4O4/c1-3-25(4-2)17-7-5-6-16(17)23-13-8-9-14-15(12-13)22(30)26(21(14)29)18-10-11-19(27)24-20(18)28/h8-9,12,16-18,23H,3-7,10-11H2,1-2H3,(H,24,27,28)/t16-,17-,18?/m0/s1. The van der Waals surface area contributed by atoms with Crippen molar-refractivity contribution in [3.8, 4) is 0 Å². The van der Waals surface area contributed by atoms with E-state index in [1.807, 2.05) is 6.07 Å². The quantitative estimate of drug-likeness (QED) is 0.691. The molecule has 0 radical (unpaired) electrons. The summed E-state index contributed by atoms with van der Waals surface area (Å²) in [4.78, 5) is 52.9. The first-order valence-electron chi connectivity index (χ1n) is 10.8. The van der Waals surface area contributed by atoms with Gasteiger partial charge in [0.05, 0.1) is 11.1 Å². The van der Waals surface area contributed by atoms with E-state index in [0.29, 0.717) is 23.2 Å². The Balaban J connectivity index is 1.54. The van der Waals surface area contributed by atoms with Gasteiger partial charge < -0.3 is 5.32 Å². The maximum Gasteiger partial charge on any atom is 0.262 e. The summed E-state index contributed by atoms with van der Waals surface area (Å²) in [5, 5.41) is 5.79. The van der Waals surface area contributed by atoms with Crippen molar-refractivity contribution >= 4 is 29.3 Å². The van der Waals surface area contributed by atoms with Crippen LogP contribution in [0.5, 0.6) is 0 Å². The Morgan fingerprint density at radius 3 is 2.47 bits per heavy atom. The molecule has 1 aliphatic carbocycles. The fourth-order valence-electron chi connectivity index (χ4n) is 5.01. The second-order valence-corrected chi connectivity index (χ2v) is 8.18. The summed E-state index contributed by atoms with van der Waals surface area (Å²) in [6.07, 6.45) is 3.64. The molecule has 8 nitrogen and oxygen atoms in total. The Kier molecular flexibility index (Phi) is 5.60. The fourth-order valence-corrected chi connectivity index (χ4v) is 5.01. The number of imide groups is 2. The van der Waals surface area contributed by atoms with Crippen LogP contribution in [-0.4, -0.2) is 64.6 Å². The number of amides is 4. The summed E-state index contributed by atoms with van der Waals surface area (Å²) >= 11 is 0. The van der Waals surface area contributed by atoms with E-state index >= 15 is 0 Å². The van der Waals surface area contributed by atoms with E-state index in [1.165, 1.54) is 0 Å². The van der Waals surface area contributed by atoms with Crippen molar-refractivity contribution in [3.63, 3.8) is 0 Å². The molecule has 0 aromatic heterocycles. The Morgan fingerprint density at radius 1 is 1.03 bits per heavy atom. The zero-order valence-corrected chi connectivity index (χ0v) is 17.4. The van der Waals surface area contributed by atoms with Crippen LogP contribution in [0.2, 0.25) is 0 Å². The van der Waals surface area contributed by atoms with E-state index in [0.717, 1.165) is 42.9 Å². The molecule has 1 aromatic rings. The Morgan fingerprint density at radius 2 is 1.77 bits per heavy atom. The molecule has 1 unspecified atom stereocenters. The van der Waals surface area contributed by atoms with Gasteiger partial charge in [0.25, 0.3) is 11.8 Å². The van der Waals surface area contributed by atoms with Crippen LogP contribution in [0.15, 0.2) is 18.2 Å². The van der Waals surface area contributed by atoms with Gasteiger partial charge in [-0.15, -0.1) is 0 Å². The number of carbonyl (C=O) groups excluding carboxylic acids is 4. The van der Waals surface area contributed by atoms with Crippen LogP contribution < -0.4 is 10.6 Å². The van der Waals surface area contributed by atoms with Crippen molar-refractivity contribution in [2.45, 2.75) is 64.1 Å². The summed E-state index contributed by atoms with van der Waals surface area (Å²) in [6.45, 7) is 6.33. The van der Waals surface area contributed by atoms with Crippen molar-refractivity contribution < 1.29 is 19.2 Å². The number of likely N-dealkylation sites (N-methyl/N-ethyl adjacent to an activating group) is 1. The second kappa shape index (κ2) is 8.18. The lowest BCUT2D eigenvalue weighted by molar-refractivity contribution is -0.136. The summed E-state index contributed by atoms with van der Waals surface area (Å²) in [5.74, 6) is -1.91. The zero-order valence-electron chi connectivity index (χ0n) is 17.4. The number of piperidine rings is 1. The molecule has 2 fully saturated rings. The highest BCUT2D eigenvalue weighted by Crippen LogP contribution is 2.32. The minimum Gasteiger partial charge on any atom is -0.381 e. The van der Waals surface area contributed by atoms with Crippen LogP contribution in [0.25, 0.3) is 0 Å². The number of anilines is 1. The minimum atomic E-state index is -0.937.